The third kappa shape index (κ3) is 9.37. The summed E-state index contributed by atoms with van der Waals surface area (Å²) in [6, 6.07) is 9.82. The normalized spacial score (nSPS) is 11.9. The van der Waals surface area contributed by atoms with Crippen LogP contribution in [0.4, 0.5) is 10.5 Å². The maximum absolute atomic E-state index is 11.6. The van der Waals surface area contributed by atoms with E-state index in [4.69, 9.17) is 0 Å². The topological polar surface area (TPSA) is 53.2 Å². The van der Waals surface area contributed by atoms with Gasteiger partial charge in [0.15, 0.2) is 0 Å². The van der Waals surface area contributed by atoms with Crippen LogP contribution in [0, 0.1) is 0 Å². The predicted molar refractivity (Wildman–Crippen MR) is 93.2 cm³/mol. The molecule has 4 nitrogen and oxygen atoms in total. The minimum atomic E-state index is -0.134. The zero-order valence-electron chi connectivity index (χ0n) is 12.8. The van der Waals surface area contributed by atoms with Crippen molar-refractivity contribution >= 4 is 24.3 Å². The molecule has 0 saturated carbocycles. The molecule has 0 radical (unpaired) electrons. The number of para-hydroxylation sites is 1. The van der Waals surface area contributed by atoms with Gasteiger partial charge in [-0.3, -0.25) is 0 Å². The van der Waals surface area contributed by atoms with Crippen molar-refractivity contribution in [1.82, 2.24) is 10.6 Å². The fraction of sp³-hybridized carbons (Fsp3) is 0.562. The summed E-state index contributed by atoms with van der Waals surface area (Å²) < 4.78 is 0. The lowest BCUT2D eigenvalue weighted by molar-refractivity contribution is 0.252. The van der Waals surface area contributed by atoms with Crippen LogP contribution in [-0.4, -0.2) is 30.9 Å². The molecule has 1 aromatic carbocycles. The third-order valence-corrected chi connectivity index (χ3v) is 3.74. The van der Waals surface area contributed by atoms with Crippen molar-refractivity contribution in [1.29, 1.82) is 0 Å². The van der Waals surface area contributed by atoms with Crippen LogP contribution in [0.3, 0.4) is 0 Å². The van der Waals surface area contributed by atoms with Crippen LogP contribution < -0.4 is 16.0 Å². The van der Waals surface area contributed by atoms with Crippen LogP contribution in [0.5, 0.6) is 0 Å². The summed E-state index contributed by atoms with van der Waals surface area (Å²) in [7, 11) is 0. The molecule has 118 valence electrons. The quantitative estimate of drug-likeness (QED) is 0.396. The van der Waals surface area contributed by atoms with Crippen molar-refractivity contribution in [2.75, 3.05) is 24.2 Å². The highest BCUT2D eigenvalue weighted by Gasteiger charge is 2.00. The monoisotopic (exact) mass is 309 g/mol. The number of amides is 2. The second-order valence-corrected chi connectivity index (χ2v) is 5.56. The highest BCUT2D eigenvalue weighted by Crippen LogP contribution is 2.04. The fourth-order valence-corrected chi connectivity index (χ4v) is 2.04. The van der Waals surface area contributed by atoms with Crippen LogP contribution in [0.2, 0.25) is 0 Å². The molecule has 0 aliphatic rings. The van der Waals surface area contributed by atoms with Crippen molar-refractivity contribution in [2.45, 2.75) is 38.6 Å². The number of unbranched alkanes of at least 4 members (excludes halogenated alkanes) is 3. The first-order chi connectivity index (χ1) is 10.2. The van der Waals surface area contributed by atoms with E-state index in [1.54, 1.807) is 0 Å². The van der Waals surface area contributed by atoms with E-state index < -0.39 is 0 Å². The largest absolute Gasteiger partial charge is 0.338 e. The molecule has 3 N–H and O–H groups in total. The maximum Gasteiger partial charge on any atom is 0.319 e. The van der Waals surface area contributed by atoms with Crippen LogP contribution in [0.15, 0.2) is 30.3 Å². The number of urea groups is 1. The summed E-state index contributed by atoms with van der Waals surface area (Å²) in [5, 5.41) is 9.09. The van der Waals surface area contributed by atoms with Crippen molar-refractivity contribution in [3.8, 4) is 0 Å². The van der Waals surface area contributed by atoms with Gasteiger partial charge < -0.3 is 16.0 Å². The molecule has 0 saturated heterocycles. The summed E-state index contributed by atoms with van der Waals surface area (Å²) in [6.45, 7) is 3.91. The Hall–Kier alpha value is -1.20. The molecular weight excluding hydrogens is 282 g/mol. The first kappa shape index (κ1) is 17.9. The minimum Gasteiger partial charge on any atom is -0.338 e. The van der Waals surface area contributed by atoms with Crippen LogP contribution in [0.25, 0.3) is 0 Å². The Kier molecular flexibility index (Phi) is 9.74. The zero-order chi connectivity index (χ0) is 15.3. The molecule has 0 aliphatic heterocycles. The van der Waals surface area contributed by atoms with E-state index >= 15 is 0 Å². The number of carbonyl (C=O) groups excluding carboxylic acids is 1. The highest BCUT2D eigenvalue weighted by molar-refractivity contribution is 7.80. The Labute approximate surface area is 133 Å². The van der Waals surface area contributed by atoms with E-state index in [1.165, 1.54) is 12.8 Å². The zero-order valence-corrected chi connectivity index (χ0v) is 13.7. The van der Waals surface area contributed by atoms with E-state index in [2.05, 4.69) is 35.5 Å². The Bertz CT molecular complexity index is 386. The Balaban J connectivity index is 1.93. The average Bonchev–Trinajstić information content (AvgIpc) is 2.50. The maximum atomic E-state index is 11.6. The minimum absolute atomic E-state index is 0.134. The lowest BCUT2D eigenvalue weighted by atomic mass is 10.2. The van der Waals surface area contributed by atoms with Crippen LogP contribution in [-0.2, 0) is 0 Å². The van der Waals surface area contributed by atoms with E-state index in [0.717, 1.165) is 37.4 Å². The summed E-state index contributed by atoms with van der Waals surface area (Å²) in [5.74, 6) is 0.875. The number of carbonyl (C=O) groups is 1. The molecule has 0 bridgehead atoms. The van der Waals surface area contributed by atoms with Crippen molar-refractivity contribution in [2.24, 2.45) is 0 Å². The summed E-state index contributed by atoms with van der Waals surface area (Å²) in [5.41, 5.74) is 0.819. The molecule has 1 atom stereocenters. The van der Waals surface area contributed by atoms with Gasteiger partial charge in [-0.15, -0.1) is 0 Å². The third-order valence-electron chi connectivity index (χ3n) is 3.19. The number of nitrogens with one attached hydrogen (secondary N) is 3. The van der Waals surface area contributed by atoms with Crippen molar-refractivity contribution in [3.05, 3.63) is 30.3 Å². The van der Waals surface area contributed by atoms with E-state index in [0.29, 0.717) is 6.04 Å². The number of benzene rings is 1. The summed E-state index contributed by atoms with van der Waals surface area (Å²) in [6.07, 6.45) is 4.52. The first-order valence-electron chi connectivity index (χ1n) is 7.66. The van der Waals surface area contributed by atoms with Gasteiger partial charge in [-0.2, -0.15) is 12.6 Å². The number of rotatable bonds is 10. The average molecular weight is 309 g/mol. The number of thiol groups is 1. The van der Waals surface area contributed by atoms with Gasteiger partial charge in [0.25, 0.3) is 0 Å². The van der Waals surface area contributed by atoms with E-state index in [-0.39, 0.29) is 6.03 Å². The molecule has 0 heterocycles. The van der Waals surface area contributed by atoms with E-state index in [1.807, 2.05) is 30.3 Å². The summed E-state index contributed by atoms with van der Waals surface area (Å²) in [4.78, 5) is 11.6. The molecule has 21 heavy (non-hydrogen) atoms. The van der Waals surface area contributed by atoms with Crippen LogP contribution >= 0.6 is 12.6 Å². The van der Waals surface area contributed by atoms with Gasteiger partial charge in [-0.05, 0) is 38.4 Å². The number of anilines is 1. The highest BCUT2D eigenvalue weighted by atomic mass is 32.1. The Morgan fingerprint density at radius 1 is 1.10 bits per heavy atom. The molecular formula is C16H27N3OS. The van der Waals surface area contributed by atoms with Gasteiger partial charge in [0.05, 0.1) is 0 Å². The molecule has 2 amide bonds. The second kappa shape index (κ2) is 11.5. The second-order valence-electron chi connectivity index (χ2n) is 5.20. The molecule has 5 heteroatoms. The summed E-state index contributed by atoms with van der Waals surface area (Å²) >= 11 is 4.23. The molecule has 1 rings (SSSR count). The standard InChI is InChI=1S/C16H27N3OS/c1-14(13-21)17-11-7-2-3-8-12-18-16(20)19-15-9-5-4-6-10-15/h4-6,9-10,14,17,21H,2-3,7-8,11-13H2,1H3,(H2,18,19,20). The number of hydrogen-bond acceptors (Lipinski definition) is 3. The molecule has 0 spiro atoms. The SMILES string of the molecule is CC(CS)NCCCCCCNC(=O)Nc1ccccc1. The van der Waals surface area contributed by atoms with Gasteiger partial charge in [0.1, 0.15) is 0 Å². The lowest BCUT2D eigenvalue weighted by Crippen LogP contribution is -2.29. The molecule has 0 aliphatic carbocycles. The van der Waals surface area contributed by atoms with Gasteiger partial charge in [0.2, 0.25) is 0 Å². The van der Waals surface area contributed by atoms with E-state index in [9.17, 15) is 4.79 Å². The van der Waals surface area contributed by atoms with Gasteiger partial charge in [-0.1, -0.05) is 31.0 Å². The van der Waals surface area contributed by atoms with Gasteiger partial charge in [0, 0.05) is 24.0 Å². The van der Waals surface area contributed by atoms with Crippen LogP contribution in [0.1, 0.15) is 32.6 Å². The van der Waals surface area contributed by atoms with Crippen molar-refractivity contribution in [3.63, 3.8) is 0 Å². The number of hydrogen-bond donors (Lipinski definition) is 4. The smallest absolute Gasteiger partial charge is 0.319 e. The molecule has 1 unspecified atom stereocenters. The Morgan fingerprint density at radius 3 is 2.43 bits per heavy atom. The Morgan fingerprint density at radius 2 is 1.76 bits per heavy atom. The van der Waals surface area contributed by atoms with Gasteiger partial charge in [-0.25, -0.2) is 4.79 Å². The lowest BCUT2D eigenvalue weighted by Gasteiger charge is -2.10. The van der Waals surface area contributed by atoms with Gasteiger partial charge >= 0.3 is 6.03 Å². The first-order valence-corrected chi connectivity index (χ1v) is 8.29. The van der Waals surface area contributed by atoms with Crippen molar-refractivity contribution < 1.29 is 4.79 Å². The molecule has 0 fully saturated rings. The predicted octanol–water partition coefficient (Wildman–Crippen LogP) is 3.28. The fourth-order valence-electron chi connectivity index (χ4n) is 1.92. The molecule has 0 aromatic heterocycles. The molecule has 1 aromatic rings.